The Morgan fingerprint density at radius 2 is 2.41 bits per heavy atom. The number of halogens is 1. The first-order valence-corrected chi connectivity index (χ1v) is 5.82. The van der Waals surface area contributed by atoms with Crippen molar-refractivity contribution in [3.63, 3.8) is 0 Å². The summed E-state index contributed by atoms with van der Waals surface area (Å²) in [5, 5.41) is 3.29. The van der Waals surface area contributed by atoms with Gasteiger partial charge in [-0.25, -0.2) is 4.39 Å². The van der Waals surface area contributed by atoms with Crippen LogP contribution in [0.5, 0.6) is 0 Å². The van der Waals surface area contributed by atoms with Gasteiger partial charge >= 0.3 is 0 Å². The van der Waals surface area contributed by atoms with E-state index in [1.54, 1.807) is 13.2 Å². The second-order valence-corrected chi connectivity index (χ2v) is 4.42. The van der Waals surface area contributed by atoms with Gasteiger partial charge in [0.15, 0.2) is 0 Å². The summed E-state index contributed by atoms with van der Waals surface area (Å²) in [5.41, 5.74) is 0.725. The lowest BCUT2D eigenvalue weighted by Gasteiger charge is -2.26. The molecule has 0 radical (unpaired) electrons. The van der Waals surface area contributed by atoms with Crippen LogP contribution in [0.1, 0.15) is 12.0 Å². The lowest BCUT2D eigenvalue weighted by molar-refractivity contribution is -0.0159. The molecule has 0 aromatic heterocycles. The van der Waals surface area contributed by atoms with E-state index in [9.17, 15) is 4.39 Å². The fourth-order valence-corrected chi connectivity index (χ4v) is 2.04. The van der Waals surface area contributed by atoms with Crippen molar-refractivity contribution in [2.75, 3.05) is 26.9 Å². The first kappa shape index (κ1) is 12.5. The molecule has 1 aliphatic heterocycles. The van der Waals surface area contributed by atoms with Crippen LogP contribution in [0.3, 0.4) is 0 Å². The third-order valence-electron chi connectivity index (χ3n) is 3.17. The Morgan fingerprint density at radius 1 is 1.53 bits per heavy atom. The van der Waals surface area contributed by atoms with Crippen LogP contribution in [0.4, 0.5) is 4.39 Å². The zero-order valence-corrected chi connectivity index (χ0v) is 10.0. The predicted molar refractivity (Wildman–Crippen MR) is 63.3 cm³/mol. The van der Waals surface area contributed by atoms with E-state index in [1.807, 2.05) is 6.07 Å². The monoisotopic (exact) mass is 239 g/mol. The number of rotatable bonds is 5. The first-order valence-electron chi connectivity index (χ1n) is 5.82. The van der Waals surface area contributed by atoms with E-state index in [0.29, 0.717) is 13.2 Å². The fourth-order valence-electron chi connectivity index (χ4n) is 2.04. The summed E-state index contributed by atoms with van der Waals surface area (Å²) in [6, 6.07) is 6.61. The van der Waals surface area contributed by atoms with E-state index < -0.39 is 0 Å². The molecule has 1 unspecified atom stereocenters. The van der Waals surface area contributed by atoms with Crippen LogP contribution in [-0.2, 0) is 16.0 Å². The molecule has 1 aliphatic rings. The third kappa shape index (κ3) is 3.25. The van der Waals surface area contributed by atoms with Gasteiger partial charge in [-0.3, -0.25) is 0 Å². The maximum absolute atomic E-state index is 13.0. The molecule has 94 valence electrons. The van der Waals surface area contributed by atoms with Crippen LogP contribution in [0.25, 0.3) is 0 Å². The summed E-state index contributed by atoms with van der Waals surface area (Å²) in [6.07, 6.45) is 0.902. The zero-order chi connectivity index (χ0) is 12.1. The second-order valence-electron chi connectivity index (χ2n) is 4.42. The van der Waals surface area contributed by atoms with E-state index in [4.69, 9.17) is 9.47 Å². The molecule has 1 atom stereocenters. The molecular formula is C13H18FNO2. The van der Waals surface area contributed by atoms with Crippen molar-refractivity contribution < 1.29 is 13.9 Å². The average Bonchev–Trinajstić information content (AvgIpc) is 2.79. The molecule has 1 aromatic rings. The van der Waals surface area contributed by atoms with E-state index in [2.05, 4.69) is 5.32 Å². The smallest absolute Gasteiger partial charge is 0.123 e. The summed E-state index contributed by atoms with van der Waals surface area (Å²) in [4.78, 5) is 0. The minimum Gasteiger partial charge on any atom is -0.378 e. The lowest BCUT2D eigenvalue weighted by Crippen LogP contribution is -2.42. The normalized spacial score (nSPS) is 24.1. The quantitative estimate of drug-likeness (QED) is 0.848. The summed E-state index contributed by atoms with van der Waals surface area (Å²) in [5.74, 6) is -0.199. The van der Waals surface area contributed by atoms with Crippen LogP contribution in [0.15, 0.2) is 24.3 Å². The second kappa shape index (κ2) is 5.58. The molecular weight excluding hydrogens is 221 g/mol. The van der Waals surface area contributed by atoms with Gasteiger partial charge in [-0.2, -0.15) is 0 Å². The van der Waals surface area contributed by atoms with Gasteiger partial charge in [-0.05, 0) is 17.7 Å². The SMILES string of the molecule is COC1(CNCc2cccc(F)c2)CCOC1. The van der Waals surface area contributed by atoms with Gasteiger partial charge < -0.3 is 14.8 Å². The van der Waals surface area contributed by atoms with Crippen LogP contribution >= 0.6 is 0 Å². The van der Waals surface area contributed by atoms with Crippen molar-refractivity contribution in [1.82, 2.24) is 5.32 Å². The topological polar surface area (TPSA) is 30.5 Å². The van der Waals surface area contributed by atoms with Gasteiger partial charge in [0.05, 0.1) is 6.61 Å². The highest BCUT2D eigenvalue weighted by molar-refractivity contribution is 5.16. The molecule has 3 nitrogen and oxygen atoms in total. The van der Waals surface area contributed by atoms with E-state index in [-0.39, 0.29) is 11.4 Å². The minimum absolute atomic E-state index is 0.199. The molecule has 0 bridgehead atoms. The molecule has 1 fully saturated rings. The van der Waals surface area contributed by atoms with Gasteiger partial charge in [0.1, 0.15) is 11.4 Å². The molecule has 0 saturated carbocycles. The van der Waals surface area contributed by atoms with Crippen molar-refractivity contribution in [1.29, 1.82) is 0 Å². The van der Waals surface area contributed by atoms with Crippen molar-refractivity contribution in [2.24, 2.45) is 0 Å². The largest absolute Gasteiger partial charge is 0.378 e. The summed E-state index contributed by atoms with van der Waals surface area (Å²) >= 11 is 0. The highest BCUT2D eigenvalue weighted by Gasteiger charge is 2.34. The predicted octanol–water partition coefficient (Wildman–Crippen LogP) is 1.72. The van der Waals surface area contributed by atoms with Gasteiger partial charge in [0, 0.05) is 33.2 Å². The van der Waals surface area contributed by atoms with Crippen LogP contribution in [0.2, 0.25) is 0 Å². The molecule has 0 spiro atoms. The maximum Gasteiger partial charge on any atom is 0.123 e. The van der Waals surface area contributed by atoms with Crippen LogP contribution in [-0.4, -0.2) is 32.5 Å². The Labute approximate surface area is 101 Å². The highest BCUT2D eigenvalue weighted by Crippen LogP contribution is 2.21. The average molecular weight is 239 g/mol. The van der Waals surface area contributed by atoms with Crippen LogP contribution < -0.4 is 5.32 Å². The van der Waals surface area contributed by atoms with E-state index in [1.165, 1.54) is 12.1 Å². The molecule has 4 heteroatoms. The lowest BCUT2D eigenvalue weighted by atomic mass is 10.0. The Bertz CT molecular complexity index is 364. The zero-order valence-electron chi connectivity index (χ0n) is 10.0. The molecule has 1 N–H and O–H groups in total. The van der Waals surface area contributed by atoms with Crippen molar-refractivity contribution in [3.05, 3.63) is 35.6 Å². The van der Waals surface area contributed by atoms with Gasteiger partial charge in [0.2, 0.25) is 0 Å². The highest BCUT2D eigenvalue weighted by atomic mass is 19.1. The van der Waals surface area contributed by atoms with Gasteiger partial charge in [-0.15, -0.1) is 0 Å². The van der Waals surface area contributed by atoms with Gasteiger partial charge in [0.25, 0.3) is 0 Å². The number of hydrogen-bond acceptors (Lipinski definition) is 3. The van der Waals surface area contributed by atoms with Crippen molar-refractivity contribution in [2.45, 2.75) is 18.6 Å². The number of benzene rings is 1. The third-order valence-corrected chi connectivity index (χ3v) is 3.17. The summed E-state index contributed by atoms with van der Waals surface area (Å²) < 4.78 is 23.8. The van der Waals surface area contributed by atoms with Crippen molar-refractivity contribution >= 4 is 0 Å². The molecule has 0 aliphatic carbocycles. The molecule has 1 aromatic carbocycles. The number of methoxy groups -OCH3 is 1. The molecule has 2 rings (SSSR count). The Morgan fingerprint density at radius 3 is 3.06 bits per heavy atom. The summed E-state index contributed by atoms with van der Waals surface area (Å²) in [7, 11) is 1.71. The van der Waals surface area contributed by atoms with E-state index in [0.717, 1.165) is 25.1 Å². The maximum atomic E-state index is 13.0. The summed E-state index contributed by atoms with van der Waals surface area (Å²) in [6.45, 7) is 2.73. The number of nitrogens with one attached hydrogen (secondary N) is 1. The molecule has 1 saturated heterocycles. The standard InChI is InChI=1S/C13H18FNO2/c1-16-13(5-6-17-10-13)9-15-8-11-3-2-4-12(14)7-11/h2-4,7,15H,5-6,8-10H2,1H3. The van der Waals surface area contributed by atoms with Crippen LogP contribution in [0, 0.1) is 5.82 Å². The molecule has 17 heavy (non-hydrogen) atoms. The Kier molecular flexibility index (Phi) is 4.10. The minimum atomic E-state index is -0.215. The van der Waals surface area contributed by atoms with Crippen molar-refractivity contribution in [3.8, 4) is 0 Å². The first-order chi connectivity index (χ1) is 8.24. The fraction of sp³-hybridized carbons (Fsp3) is 0.538. The van der Waals surface area contributed by atoms with Gasteiger partial charge in [-0.1, -0.05) is 12.1 Å². The Hall–Kier alpha value is -0.970. The molecule has 0 amide bonds. The number of hydrogen-bond donors (Lipinski definition) is 1. The Balaban J connectivity index is 1.82. The van der Waals surface area contributed by atoms with E-state index >= 15 is 0 Å². The molecule has 1 heterocycles. The number of ether oxygens (including phenoxy) is 2.